The van der Waals surface area contributed by atoms with Gasteiger partial charge in [0.05, 0.1) is 12.5 Å². The van der Waals surface area contributed by atoms with Gasteiger partial charge in [-0.05, 0) is 48.7 Å². The number of hydrogen-bond donors (Lipinski definition) is 1. The molecule has 0 unspecified atom stereocenters. The Morgan fingerprint density at radius 3 is 2.78 bits per heavy atom. The minimum absolute atomic E-state index is 0.0178. The van der Waals surface area contributed by atoms with Gasteiger partial charge in [-0.2, -0.15) is 5.26 Å². The van der Waals surface area contributed by atoms with Crippen molar-refractivity contribution >= 4 is 17.4 Å². The molecule has 2 aromatic rings. The number of rotatable bonds is 6. The van der Waals surface area contributed by atoms with Gasteiger partial charge >= 0.3 is 0 Å². The Hall–Kier alpha value is -3.43. The van der Waals surface area contributed by atoms with Gasteiger partial charge in [-0.25, -0.2) is 0 Å². The first-order chi connectivity index (χ1) is 15.5. The second-order valence-corrected chi connectivity index (χ2v) is 8.03. The standard InChI is InChI=1S/C25H23ClN2O4/c1-2-30-22-12-16(9-10-20(22)31-14-15-5-3-6-17(26)11-15)23-18(13-27)25(28)32-21-8-4-7-19(29)24(21)23/h3,5-6,9-12,23H,2,4,7-8,14,28H2,1H3/t23-/m1/s1. The lowest BCUT2D eigenvalue weighted by Gasteiger charge is -2.31. The molecule has 164 valence electrons. The van der Waals surface area contributed by atoms with E-state index < -0.39 is 5.92 Å². The smallest absolute Gasteiger partial charge is 0.205 e. The van der Waals surface area contributed by atoms with Gasteiger partial charge in [0.15, 0.2) is 17.3 Å². The number of carbonyl (C=O) groups excluding carboxylic acids is 1. The summed E-state index contributed by atoms with van der Waals surface area (Å²) in [6.45, 7) is 2.63. The molecule has 0 saturated heterocycles. The van der Waals surface area contributed by atoms with Crippen LogP contribution in [-0.2, 0) is 16.1 Å². The van der Waals surface area contributed by atoms with Gasteiger partial charge in [-0.3, -0.25) is 4.79 Å². The van der Waals surface area contributed by atoms with Crippen LogP contribution in [0.4, 0.5) is 0 Å². The molecular weight excluding hydrogens is 428 g/mol. The first kappa shape index (κ1) is 21.8. The molecule has 0 radical (unpaired) electrons. The van der Waals surface area contributed by atoms with Crippen molar-refractivity contribution in [2.75, 3.05) is 6.61 Å². The maximum Gasteiger partial charge on any atom is 0.205 e. The summed E-state index contributed by atoms with van der Waals surface area (Å²) < 4.78 is 17.5. The lowest BCUT2D eigenvalue weighted by molar-refractivity contribution is -0.116. The molecule has 1 aliphatic heterocycles. The Kier molecular flexibility index (Phi) is 6.38. The fourth-order valence-electron chi connectivity index (χ4n) is 4.07. The molecular formula is C25H23ClN2O4. The molecule has 0 bridgehead atoms. The van der Waals surface area contributed by atoms with Crippen LogP contribution in [0.1, 0.15) is 43.2 Å². The highest BCUT2D eigenvalue weighted by Gasteiger charge is 2.38. The first-order valence-electron chi connectivity index (χ1n) is 10.5. The van der Waals surface area contributed by atoms with Crippen LogP contribution < -0.4 is 15.2 Å². The summed E-state index contributed by atoms with van der Waals surface area (Å²) in [7, 11) is 0. The van der Waals surface area contributed by atoms with Crippen molar-refractivity contribution in [3.63, 3.8) is 0 Å². The normalized spacial score (nSPS) is 18.0. The predicted molar refractivity (Wildman–Crippen MR) is 120 cm³/mol. The monoisotopic (exact) mass is 450 g/mol. The summed E-state index contributed by atoms with van der Waals surface area (Å²) in [6.07, 6.45) is 1.76. The zero-order valence-electron chi connectivity index (χ0n) is 17.7. The summed E-state index contributed by atoms with van der Waals surface area (Å²) in [4.78, 5) is 12.8. The molecule has 1 aliphatic carbocycles. The number of benzene rings is 2. The molecule has 0 saturated carbocycles. The minimum Gasteiger partial charge on any atom is -0.490 e. The maximum atomic E-state index is 12.8. The Balaban J connectivity index is 1.70. The van der Waals surface area contributed by atoms with Gasteiger partial charge in [0.1, 0.15) is 24.0 Å². The predicted octanol–water partition coefficient (Wildman–Crippen LogP) is 5.13. The molecule has 4 rings (SSSR count). The van der Waals surface area contributed by atoms with Gasteiger partial charge in [0.25, 0.3) is 0 Å². The van der Waals surface area contributed by atoms with Crippen LogP contribution in [0.15, 0.2) is 65.3 Å². The number of ether oxygens (including phenoxy) is 3. The van der Waals surface area contributed by atoms with Crippen LogP contribution in [0, 0.1) is 11.3 Å². The van der Waals surface area contributed by atoms with Gasteiger partial charge in [0.2, 0.25) is 5.88 Å². The van der Waals surface area contributed by atoms with E-state index in [2.05, 4.69) is 6.07 Å². The van der Waals surface area contributed by atoms with Gasteiger partial charge in [0, 0.05) is 23.4 Å². The van der Waals surface area contributed by atoms with Crippen molar-refractivity contribution in [1.82, 2.24) is 0 Å². The fourth-order valence-corrected chi connectivity index (χ4v) is 4.28. The van der Waals surface area contributed by atoms with E-state index in [1.807, 2.05) is 37.3 Å². The quantitative estimate of drug-likeness (QED) is 0.655. The van der Waals surface area contributed by atoms with Gasteiger partial charge < -0.3 is 19.9 Å². The number of halogens is 1. The van der Waals surface area contributed by atoms with Gasteiger partial charge in [-0.1, -0.05) is 29.8 Å². The van der Waals surface area contributed by atoms with Crippen molar-refractivity contribution in [1.29, 1.82) is 5.26 Å². The molecule has 2 aliphatic rings. The van der Waals surface area contributed by atoms with E-state index in [4.69, 9.17) is 31.5 Å². The SMILES string of the molecule is CCOc1cc([C@@H]2C(C#N)=C(N)OC3=C2C(=O)CCC3)ccc1OCc1cccc(Cl)c1. The van der Waals surface area contributed by atoms with Crippen molar-refractivity contribution in [2.45, 2.75) is 38.7 Å². The molecule has 1 heterocycles. The third kappa shape index (κ3) is 4.30. The first-order valence-corrected chi connectivity index (χ1v) is 10.9. The van der Waals surface area contributed by atoms with E-state index in [9.17, 15) is 10.1 Å². The highest BCUT2D eigenvalue weighted by Crippen LogP contribution is 2.45. The molecule has 0 aromatic heterocycles. The van der Waals surface area contributed by atoms with E-state index in [0.717, 1.165) is 11.1 Å². The van der Waals surface area contributed by atoms with E-state index in [1.165, 1.54) is 0 Å². The molecule has 0 spiro atoms. The van der Waals surface area contributed by atoms with Gasteiger partial charge in [-0.15, -0.1) is 0 Å². The van der Waals surface area contributed by atoms with Crippen LogP contribution in [0.25, 0.3) is 0 Å². The van der Waals surface area contributed by atoms with Crippen LogP contribution in [-0.4, -0.2) is 12.4 Å². The maximum absolute atomic E-state index is 12.8. The molecule has 1 atom stereocenters. The largest absolute Gasteiger partial charge is 0.490 e. The topological polar surface area (TPSA) is 94.6 Å². The van der Waals surface area contributed by atoms with E-state index in [-0.39, 0.29) is 17.2 Å². The number of Topliss-reactive ketones (excluding diaryl/α,β-unsaturated/α-hetero) is 1. The molecule has 0 amide bonds. The molecule has 32 heavy (non-hydrogen) atoms. The Morgan fingerprint density at radius 2 is 2.03 bits per heavy atom. The lowest BCUT2D eigenvalue weighted by Crippen LogP contribution is -2.27. The highest BCUT2D eigenvalue weighted by molar-refractivity contribution is 6.30. The van der Waals surface area contributed by atoms with Crippen LogP contribution in [0.5, 0.6) is 11.5 Å². The summed E-state index contributed by atoms with van der Waals surface area (Å²) in [6, 6.07) is 15.0. The van der Waals surface area contributed by atoms with Crippen LogP contribution in [0.3, 0.4) is 0 Å². The van der Waals surface area contributed by atoms with Crippen molar-refractivity contribution < 1.29 is 19.0 Å². The number of carbonyl (C=O) groups is 1. The third-order valence-electron chi connectivity index (χ3n) is 5.49. The summed E-state index contributed by atoms with van der Waals surface area (Å²) in [5.74, 6) is 1.09. The molecule has 2 aromatic carbocycles. The fraction of sp³-hybridized carbons (Fsp3) is 0.280. The van der Waals surface area contributed by atoms with E-state index in [1.54, 1.807) is 12.1 Å². The van der Waals surface area contributed by atoms with Crippen molar-refractivity contribution in [3.8, 4) is 17.6 Å². The summed E-state index contributed by atoms with van der Waals surface area (Å²) in [5, 5.41) is 10.4. The van der Waals surface area contributed by atoms with E-state index >= 15 is 0 Å². The molecule has 7 heteroatoms. The minimum atomic E-state index is -0.585. The Morgan fingerprint density at radius 1 is 1.19 bits per heavy atom. The zero-order chi connectivity index (χ0) is 22.7. The number of nitrogens with zero attached hydrogens (tertiary/aromatic N) is 1. The van der Waals surface area contributed by atoms with Crippen molar-refractivity contribution in [2.24, 2.45) is 5.73 Å². The number of nitriles is 1. The van der Waals surface area contributed by atoms with Crippen LogP contribution in [0.2, 0.25) is 5.02 Å². The average Bonchev–Trinajstić information content (AvgIpc) is 2.78. The molecule has 6 nitrogen and oxygen atoms in total. The second-order valence-electron chi connectivity index (χ2n) is 7.60. The number of hydrogen-bond acceptors (Lipinski definition) is 6. The summed E-state index contributed by atoms with van der Waals surface area (Å²) >= 11 is 6.06. The molecule has 2 N–H and O–H groups in total. The highest BCUT2D eigenvalue weighted by atomic mass is 35.5. The Labute approximate surface area is 191 Å². The Bertz CT molecular complexity index is 1160. The molecule has 0 fully saturated rings. The number of allylic oxidation sites excluding steroid dienone is 3. The number of nitrogens with two attached hydrogens (primary N) is 1. The van der Waals surface area contributed by atoms with E-state index in [0.29, 0.717) is 60.3 Å². The van der Waals surface area contributed by atoms with Crippen LogP contribution >= 0.6 is 11.6 Å². The second kappa shape index (κ2) is 9.37. The zero-order valence-corrected chi connectivity index (χ0v) is 18.4. The third-order valence-corrected chi connectivity index (χ3v) is 5.72. The number of ketones is 1. The lowest BCUT2D eigenvalue weighted by atomic mass is 9.77. The summed E-state index contributed by atoms with van der Waals surface area (Å²) in [5.41, 5.74) is 8.44. The average molecular weight is 451 g/mol. The van der Waals surface area contributed by atoms with Crippen molar-refractivity contribution in [3.05, 3.63) is 81.4 Å².